The van der Waals surface area contributed by atoms with Crippen molar-refractivity contribution in [2.75, 3.05) is 13.6 Å². The predicted molar refractivity (Wildman–Crippen MR) is 89.0 cm³/mol. The first-order valence-corrected chi connectivity index (χ1v) is 7.98. The van der Waals surface area contributed by atoms with Crippen LogP contribution in [0.15, 0.2) is 24.3 Å². The number of benzene rings is 1. The molecule has 9 heteroatoms. The van der Waals surface area contributed by atoms with Gasteiger partial charge in [0.15, 0.2) is 6.10 Å². The minimum atomic E-state index is -1.19. The molecule has 0 aliphatic carbocycles. The molecular weight excluding hydrogens is 342 g/mol. The van der Waals surface area contributed by atoms with Crippen molar-refractivity contribution in [3.63, 3.8) is 0 Å². The van der Waals surface area contributed by atoms with Crippen molar-refractivity contribution < 1.29 is 28.7 Å². The standard InChI is InChI=1S/C17H19N3O6/c1-10(15(23)19-17(25)18-2)26-14(22)7-8-20-13(21)9-11-5-3-4-6-12(11)16(20)24/h3-6,10H,7-9H2,1-2H3,(H2,18,19,23,25)/t10-/m1/s1. The quantitative estimate of drug-likeness (QED) is 0.562. The van der Waals surface area contributed by atoms with Gasteiger partial charge in [-0.1, -0.05) is 18.2 Å². The van der Waals surface area contributed by atoms with Crippen molar-refractivity contribution in [1.82, 2.24) is 15.5 Å². The lowest BCUT2D eigenvalue weighted by atomic mass is 9.98. The Bertz CT molecular complexity index is 761. The lowest BCUT2D eigenvalue weighted by Gasteiger charge is -2.26. The smallest absolute Gasteiger partial charge is 0.321 e. The number of fused-ring (bicyclic) bond motifs is 1. The van der Waals surface area contributed by atoms with Crippen molar-refractivity contribution in [2.45, 2.75) is 25.9 Å². The Kier molecular flexibility index (Phi) is 6.05. The summed E-state index contributed by atoms with van der Waals surface area (Å²) in [5, 5.41) is 4.18. The Morgan fingerprint density at radius 1 is 1.23 bits per heavy atom. The van der Waals surface area contributed by atoms with Crippen molar-refractivity contribution in [3.05, 3.63) is 35.4 Å². The van der Waals surface area contributed by atoms with E-state index in [1.54, 1.807) is 24.3 Å². The highest BCUT2D eigenvalue weighted by Crippen LogP contribution is 2.19. The average molecular weight is 361 g/mol. The van der Waals surface area contributed by atoms with Crippen molar-refractivity contribution in [2.24, 2.45) is 0 Å². The highest BCUT2D eigenvalue weighted by atomic mass is 16.5. The third kappa shape index (κ3) is 4.44. The lowest BCUT2D eigenvalue weighted by Crippen LogP contribution is -2.45. The van der Waals surface area contributed by atoms with Gasteiger partial charge in [-0.3, -0.25) is 29.4 Å². The molecule has 0 aromatic heterocycles. The van der Waals surface area contributed by atoms with Gasteiger partial charge in [-0.05, 0) is 18.6 Å². The van der Waals surface area contributed by atoms with Crippen LogP contribution in [0.4, 0.5) is 4.79 Å². The SMILES string of the molecule is CNC(=O)NC(=O)[C@@H](C)OC(=O)CCN1C(=O)Cc2ccccc2C1=O. The van der Waals surface area contributed by atoms with Gasteiger partial charge in [-0.25, -0.2) is 4.79 Å². The normalized spacial score (nSPS) is 14.3. The number of nitrogens with zero attached hydrogens (tertiary/aromatic N) is 1. The van der Waals surface area contributed by atoms with Gasteiger partial charge in [-0.2, -0.15) is 0 Å². The number of carbonyl (C=O) groups excluding carboxylic acids is 5. The van der Waals surface area contributed by atoms with Crippen LogP contribution in [0.5, 0.6) is 0 Å². The van der Waals surface area contributed by atoms with E-state index in [2.05, 4.69) is 5.32 Å². The minimum Gasteiger partial charge on any atom is -0.452 e. The Morgan fingerprint density at radius 2 is 1.92 bits per heavy atom. The Hall–Kier alpha value is -3.23. The largest absolute Gasteiger partial charge is 0.452 e. The van der Waals surface area contributed by atoms with E-state index in [-0.39, 0.29) is 19.4 Å². The highest BCUT2D eigenvalue weighted by Gasteiger charge is 2.31. The molecule has 0 radical (unpaired) electrons. The molecule has 1 atom stereocenters. The Balaban J connectivity index is 1.89. The summed E-state index contributed by atoms with van der Waals surface area (Å²) in [7, 11) is 1.34. The van der Waals surface area contributed by atoms with Gasteiger partial charge in [0, 0.05) is 19.2 Å². The monoisotopic (exact) mass is 361 g/mol. The first-order valence-electron chi connectivity index (χ1n) is 7.98. The fourth-order valence-electron chi connectivity index (χ4n) is 2.42. The number of hydrogen-bond donors (Lipinski definition) is 2. The zero-order valence-corrected chi connectivity index (χ0v) is 14.4. The topological polar surface area (TPSA) is 122 Å². The number of amides is 5. The van der Waals surface area contributed by atoms with Gasteiger partial charge in [0.25, 0.3) is 11.8 Å². The molecule has 1 aliphatic heterocycles. The van der Waals surface area contributed by atoms with E-state index in [0.29, 0.717) is 11.1 Å². The molecule has 0 unspecified atom stereocenters. The van der Waals surface area contributed by atoms with Gasteiger partial charge >= 0.3 is 12.0 Å². The van der Waals surface area contributed by atoms with E-state index in [4.69, 9.17) is 4.74 Å². The van der Waals surface area contributed by atoms with Gasteiger partial charge in [0.2, 0.25) is 5.91 Å². The summed E-state index contributed by atoms with van der Waals surface area (Å²) in [6, 6.07) is 6.06. The average Bonchev–Trinajstić information content (AvgIpc) is 2.61. The van der Waals surface area contributed by atoms with Crippen LogP contribution in [0.25, 0.3) is 0 Å². The molecule has 1 aliphatic rings. The molecule has 2 N–H and O–H groups in total. The molecule has 0 spiro atoms. The second kappa shape index (κ2) is 8.24. The number of urea groups is 1. The maximum atomic E-state index is 12.4. The summed E-state index contributed by atoms with van der Waals surface area (Å²) >= 11 is 0. The molecular formula is C17H19N3O6. The van der Waals surface area contributed by atoms with Crippen LogP contribution in [0.1, 0.15) is 29.3 Å². The van der Waals surface area contributed by atoms with Crippen LogP contribution in [0.2, 0.25) is 0 Å². The number of hydrogen-bond acceptors (Lipinski definition) is 6. The summed E-state index contributed by atoms with van der Waals surface area (Å²) in [4.78, 5) is 60.0. The summed E-state index contributed by atoms with van der Waals surface area (Å²) in [5.74, 6) is -2.40. The first-order chi connectivity index (χ1) is 12.3. The van der Waals surface area contributed by atoms with E-state index in [9.17, 15) is 24.0 Å². The molecule has 5 amide bonds. The van der Waals surface area contributed by atoms with Crippen LogP contribution < -0.4 is 10.6 Å². The van der Waals surface area contributed by atoms with Crippen LogP contribution in [0.3, 0.4) is 0 Å². The fraction of sp³-hybridized carbons (Fsp3) is 0.353. The molecule has 0 bridgehead atoms. The van der Waals surface area contributed by atoms with Gasteiger partial charge in [-0.15, -0.1) is 0 Å². The second-order valence-corrected chi connectivity index (χ2v) is 5.63. The molecule has 9 nitrogen and oxygen atoms in total. The summed E-state index contributed by atoms with van der Waals surface area (Å²) in [6.45, 7) is 1.16. The predicted octanol–water partition coefficient (Wildman–Crippen LogP) is -0.0111. The number of esters is 1. The number of nitrogens with one attached hydrogen (secondary N) is 2. The Labute approximate surface area is 149 Å². The molecule has 1 aromatic rings. The third-order valence-electron chi connectivity index (χ3n) is 3.82. The van der Waals surface area contributed by atoms with Gasteiger partial charge < -0.3 is 10.1 Å². The summed E-state index contributed by atoms with van der Waals surface area (Å²) in [6.07, 6.45) is -1.35. The van der Waals surface area contributed by atoms with E-state index in [0.717, 1.165) is 4.90 Å². The molecule has 0 saturated carbocycles. The van der Waals surface area contributed by atoms with Crippen LogP contribution in [0, 0.1) is 0 Å². The van der Waals surface area contributed by atoms with Crippen LogP contribution in [-0.4, -0.2) is 54.3 Å². The summed E-state index contributed by atoms with van der Waals surface area (Å²) < 4.78 is 4.91. The zero-order chi connectivity index (χ0) is 19.3. The fourth-order valence-corrected chi connectivity index (χ4v) is 2.42. The first kappa shape index (κ1) is 19.1. The maximum absolute atomic E-state index is 12.4. The maximum Gasteiger partial charge on any atom is 0.321 e. The summed E-state index contributed by atoms with van der Waals surface area (Å²) in [5.41, 5.74) is 1.08. The molecule has 1 aromatic carbocycles. The molecule has 26 heavy (non-hydrogen) atoms. The Morgan fingerprint density at radius 3 is 2.62 bits per heavy atom. The lowest BCUT2D eigenvalue weighted by molar-refractivity contribution is -0.154. The van der Waals surface area contributed by atoms with Gasteiger partial charge in [0.05, 0.1) is 12.8 Å². The van der Waals surface area contributed by atoms with E-state index < -0.39 is 35.8 Å². The molecule has 0 fully saturated rings. The highest BCUT2D eigenvalue weighted by molar-refractivity contribution is 6.09. The number of rotatable bonds is 5. The van der Waals surface area contributed by atoms with E-state index >= 15 is 0 Å². The number of carbonyl (C=O) groups is 5. The van der Waals surface area contributed by atoms with E-state index in [1.165, 1.54) is 14.0 Å². The van der Waals surface area contributed by atoms with Crippen molar-refractivity contribution >= 4 is 29.7 Å². The zero-order valence-electron chi connectivity index (χ0n) is 14.4. The molecule has 2 rings (SSSR count). The molecule has 138 valence electrons. The van der Waals surface area contributed by atoms with Gasteiger partial charge in [0.1, 0.15) is 0 Å². The number of imide groups is 2. The molecule has 0 saturated heterocycles. The minimum absolute atomic E-state index is 0.0852. The van der Waals surface area contributed by atoms with Crippen molar-refractivity contribution in [1.29, 1.82) is 0 Å². The second-order valence-electron chi connectivity index (χ2n) is 5.63. The third-order valence-corrected chi connectivity index (χ3v) is 3.82. The van der Waals surface area contributed by atoms with Crippen molar-refractivity contribution in [3.8, 4) is 0 Å². The molecule has 1 heterocycles. The van der Waals surface area contributed by atoms with E-state index in [1.807, 2.05) is 5.32 Å². The number of ether oxygens (including phenoxy) is 1. The van der Waals surface area contributed by atoms with Crippen LogP contribution >= 0.6 is 0 Å². The van der Waals surface area contributed by atoms with Crippen LogP contribution in [-0.2, 0) is 25.5 Å².